The number of aromatic hydroxyl groups is 1. The first kappa shape index (κ1) is 15.1. The molecule has 5 heteroatoms. The molecule has 3 nitrogen and oxygen atoms in total. The van der Waals surface area contributed by atoms with Crippen LogP contribution in [0.3, 0.4) is 0 Å². The second kappa shape index (κ2) is 6.43. The maximum Gasteiger partial charge on any atom is 0.387 e. The highest BCUT2D eigenvalue weighted by molar-refractivity contribution is 5.51. The number of hydrogen-bond acceptors (Lipinski definition) is 3. The molecule has 0 heterocycles. The number of alkyl halides is 2. The summed E-state index contributed by atoms with van der Waals surface area (Å²) >= 11 is 0. The molecule has 21 heavy (non-hydrogen) atoms. The molecule has 1 unspecified atom stereocenters. The predicted molar refractivity (Wildman–Crippen MR) is 78.0 cm³/mol. The molecule has 0 aliphatic rings. The summed E-state index contributed by atoms with van der Waals surface area (Å²) in [6.45, 7) is 0.971. The largest absolute Gasteiger partial charge is 0.508 e. The molecule has 0 aromatic heterocycles. The second-order valence-corrected chi connectivity index (χ2v) is 4.81. The Kier molecular flexibility index (Phi) is 4.62. The van der Waals surface area contributed by atoms with Gasteiger partial charge in [-0.3, -0.25) is 0 Å². The van der Waals surface area contributed by atoms with Gasteiger partial charge in [-0.15, -0.1) is 0 Å². The third-order valence-electron chi connectivity index (χ3n) is 3.19. The first-order valence-electron chi connectivity index (χ1n) is 6.56. The van der Waals surface area contributed by atoms with Gasteiger partial charge in [-0.1, -0.05) is 12.1 Å². The monoisotopic (exact) mass is 293 g/mol. The van der Waals surface area contributed by atoms with Crippen molar-refractivity contribution < 1.29 is 18.6 Å². The molecular weight excluding hydrogens is 276 g/mol. The number of halogens is 2. The Morgan fingerprint density at radius 3 is 2.33 bits per heavy atom. The Bertz CT molecular complexity index is 600. The fourth-order valence-corrected chi connectivity index (χ4v) is 2.02. The lowest BCUT2D eigenvalue weighted by Gasteiger charge is -2.17. The Balaban J connectivity index is 2.05. The smallest absolute Gasteiger partial charge is 0.387 e. The fourth-order valence-electron chi connectivity index (χ4n) is 2.02. The number of benzene rings is 2. The number of aryl methyl sites for hydroxylation is 1. The van der Waals surface area contributed by atoms with Gasteiger partial charge in [0.15, 0.2) is 0 Å². The molecule has 112 valence electrons. The van der Waals surface area contributed by atoms with Gasteiger partial charge in [-0.05, 0) is 55.3 Å². The number of ether oxygens (including phenoxy) is 1. The molecular formula is C16H17F2NO2. The van der Waals surface area contributed by atoms with Crippen LogP contribution in [0.25, 0.3) is 0 Å². The van der Waals surface area contributed by atoms with Gasteiger partial charge in [0.25, 0.3) is 0 Å². The van der Waals surface area contributed by atoms with Gasteiger partial charge in [-0.25, -0.2) is 0 Å². The van der Waals surface area contributed by atoms with Crippen molar-refractivity contribution in [3.05, 3.63) is 53.6 Å². The molecule has 2 aromatic carbocycles. The number of phenolic OH excluding ortho intramolecular Hbond substituents is 1. The van der Waals surface area contributed by atoms with E-state index >= 15 is 0 Å². The van der Waals surface area contributed by atoms with Crippen molar-refractivity contribution in [3.63, 3.8) is 0 Å². The fraction of sp³-hybridized carbons (Fsp3) is 0.250. The van der Waals surface area contributed by atoms with Gasteiger partial charge in [-0.2, -0.15) is 8.78 Å². The quantitative estimate of drug-likeness (QED) is 0.799. The number of nitrogens with one attached hydrogen (secondary N) is 1. The van der Waals surface area contributed by atoms with E-state index in [0.29, 0.717) is 0 Å². The molecule has 0 radical (unpaired) electrons. The average Bonchev–Trinajstić information content (AvgIpc) is 2.43. The van der Waals surface area contributed by atoms with E-state index in [2.05, 4.69) is 10.1 Å². The maximum absolute atomic E-state index is 12.1. The molecule has 0 saturated carbocycles. The van der Waals surface area contributed by atoms with Gasteiger partial charge in [0, 0.05) is 11.7 Å². The van der Waals surface area contributed by atoms with E-state index in [-0.39, 0.29) is 17.5 Å². The highest BCUT2D eigenvalue weighted by atomic mass is 19.3. The van der Waals surface area contributed by atoms with Crippen LogP contribution in [-0.4, -0.2) is 11.7 Å². The molecule has 0 saturated heterocycles. The van der Waals surface area contributed by atoms with E-state index in [1.807, 2.05) is 19.9 Å². The lowest BCUT2D eigenvalue weighted by atomic mass is 10.1. The van der Waals surface area contributed by atoms with E-state index in [4.69, 9.17) is 0 Å². The summed E-state index contributed by atoms with van der Waals surface area (Å²) in [4.78, 5) is 0. The van der Waals surface area contributed by atoms with Crippen LogP contribution in [0.4, 0.5) is 14.5 Å². The van der Waals surface area contributed by atoms with Crippen molar-refractivity contribution in [2.24, 2.45) is 0 Å². The van der Waals surface area contributed by atoms with Crippen LogP contribution in [0.15, 0.2) is 42.5 Å². The van der Waals surface area contributed by atoms with Gasteiger partial charge in [0.05, 0.1) is 0 Å². The number of anilines is 1. The van der Waals surface area contributed by atoms with Gasteiger partial charge < -0.3 is 15.2 Å². The third kappa shape index (κ3) is 4.08. The van der Waals surface area contributed by atoms with Crippen molar-refractivity contribution in [1.82, 2.24) is 0 Å². The van der Waals surface area contributed by atoms with E-state index < -0.39 is 6.61 Å². The van der Waals surface area contributed by atoms with Crippen molar-refractivity contribution in [2.45, 2.75) is 26.5 Å². The molecule has 2 aromatic rings. The normalized spacial score (nSPS) is 12.2. The molecule has 2 N–H and O–H groups in total. The summed E-state index contributed by atoms with van der Waals surface area (Å²) in [6.07, 6.45) is 0. The highest BCUT2D eigenvalue weighted by Gasteiger charge is 2.08. The lowest BCUT2D eigenvalue weighted by molar-refractivity contribution is -0.0498. The molecule has 0 spiro atoms. The SMILES string of the molecule is Cc1cc(NC(C)c2ccc(OC(F)F)cc2)ccc1O. The zero-order valence-electron chi connectivity index (χ0n) is 11.8. The van der Waals surface area contributed by atoms with E-state index in [1.165, 1.54) is 12.1 Å². The van der Waals surface area contributed by atoms with Crippen molar-refractivity contribution in [2.75, 3.05) is 5.32 Å². The summed E-state index contributed by atoms with van der Waals surface area (Å²) in [5, 5.41) is 12.8. The first-order valence-corrected chi connectivity index (χ1v) is 6.56. The van der Waals surface area contributed by atoms with Crippen LogP contribution in [0.5, 0.6) is 11.5 Å². The van der Waals surface area contributed by atoms with E-state index in [9.17, 15) is 13.9 Å². The second-order valence-electron chi connectivity index (χ2n) is 4.81. The molecule has 0 aliphatic heterocycles. The molecule has 0 bridgehead atoms. The van der Waals surface area contributed by atoms with Crippen LogP contribution in [0.1, 0.15) is 24.1 Å². The van der Waals surface area contributed by atoms with Gasteiger partial charge in [0.1, 0.15) is 11.5 Å². The summed E-state index contributed by atoms with van der Waals surface area (Å²) < 4.78 is 28.5. The van der Waals surface area contributed by atoms with Crippen LogP contribution in [0.2, 0.25) is 0 Å². The van der Waals surface area contributed by atoms with Crippen LogP contribution in [-0.2, 0) is 0 Å². The summed E-state index contributed by atoms with van der Waals surface area (Å²) in [5.74, 6) is 0.392. The average molecular weight is 293 g/mol. The molecule has 1 atom stereocenters. The Morgan fingerprint density at radius 1 is 1.10 bits per heavy atom. The van der Waals surface area contributed by atoms with Crippen LogP contribution >= 0.6 is 0 Å². The summed E-state index contributed by atoms with van der Waals surface area (Å²) in [7, 11) is 0. The van der Waals surface area contributed by atoms with Gasteiger partial charge >= 0.3 is 6.61 Å². The summed E-state index contributed by atoms with van der Waals surface area (Å²) in [5.41, 5.74) is 2.61. The van der Waals surface area contributed by atoms with E-state index in [1.54, 1.807) is 24.3 Å². The minimum Gasteiger partial charge on any atom is -0.508 e. The minimum absolute atomic E-state index is 0.00505. The molecule has 0 fully saturated rings. The van der Waals surface area contributed by atoms with E-state index in [0.717, 1.165) is 16.8 Å². The molecule has 0 amide bonds. The highest BCUT2D eigenvalue weighted by Crippen LogP contribution is 2.25. The zero-order valence-corrected chi connectivity index (χ0v) is 11.8. The molecule has 0 aliphatic carbocycles. The van der Waals surface area contributed by atoms with Crippen molar-refractivity contribution in [1.29, 1.82) is 0 Å². The lowest BCUT2D eigenvalue weighted by Crippen LogP contribution is -2.07. The molecule has 2 rings (SSSR count). The van der Waals surface area contributed by atoms with Crippen LogP contribution < -0.4 is 10.1 Å². The summed E-state index contributed by atoms with van der Waals surface area (Å²) in [6, 6.07) is 11.8. The maximum atomic E-state index is 12.1. The first-order chi connectivity index (χ1) is 9.95. The number of rotatable bonds is 5. The minimum atomic E-state index is -2.81. The Labute approximate surface area is 122 Å². The Hall–Kier alpha value is -2.30. The van der Waals surface area contributed by atoms with Gasteiger partial charge in [0.2, 0.25) is 0 Å². The van der Waals surface area contributed by atoms with Crippen molar-refractivity contribution in [3.8, 4) is 11.5 Å². The third-order valence-corrected chi connectivity index (χ3v) is 3.19. The standard InChI is InChI=1S/C16H17F2NO2/c1-10-9-13(5-8-15(10)20)19-11(2)12-3-6-14(7-4-12)21-16(17)18/h3-9,11,16,19-20H,1-2H3. The Morgan fingerprint density at radius 2 is 1.76 bits per heavy atom. The number of hydrogen-bond donors (Lipinski definition) is 2. The van der Waals surface area contributed by atoms with Crippen LogP contribution in [0, 0.1) is 6.92 Å². The zero-order chi connectivity index (χ0) is 15.4. The predicted octanol–water partition coefficient (Wildman–Crippen LogP) is 4.48. The topological polar surface area (TPSA) is 41.5 Å². The number of phenols is 1. The van der Waals surface area contributed by atoms with Crippen molar-refractivity contribution >= 4 is 5.69 Å².